The van der Waals surface area contributed by atoms with Crippen molar-refractivity contribution >= 4 is 33.2 Å². The molecule has 0 saturated carbocycles. The van der Waals surface area contributed by atoms with E-state index in [9.17, 15) is 14.9 Å². The summed E-state index contributed by atoms with van der Waals surface area (Å²) in [6, 6.07) is 9.87. The van der Waals surface area contributed by atoms with Gasteiger partial charge >= 0.3 is 0 Å². The van der Waals surface area contributed by atoms with Crippen LogP contribution >= 0.6 is 15.9 Å². The fourth-order valence-corrected chi connectivity index (χ4v) is 2.51. The maximum absolute atomic E-state index is 11.4. The maximum Gasteiger partial charge on any atom is 0.296 e. The number of halogens is 1. The molecule has 0 heterocycles. The number of anilines is 1. The molecule has 0 bridgehead atoms. The molecule has 1 amide bonds. The predicted octanol–water partition coefficient (Wildman–Crippen LogP) is 3.64. The van der Waals surface area contributed by atoms with Gasteiger partial charge in [0.1, 0.15) is 5.75 Å². The highest BCUT2D eigenvalue weighted by molar-refractivity contribution is 9.10. The molecule has 3 N–H and O–H groups in total. The van der Waals surface area contributed by atoms with Crippen LogP contribution in [0.15, 0.2) is 40.9 Å². The summed E-state index contributed by atoms with van der Waals surface area (Å²) in [5, 5.41) is 14.5. The quantitative estimate of drug-likeness (QED) is 0.575. The number of carbonyl (C=O) groups excluding carboxylic acids is 1. The second-order valence-corrected chi connectivity index (χ2v) is 6.03. The van der Waals surface area contributed by atoms with Crippen LogP contribution in [0.1, 0.15) is 28.9 Å². The van der Waals surface area contributed by atoms with Crippen molar-refractivity contribution in [1.82, 2.24) is 0 Å². The molecule has 2 aromatic carbocycles. The first-order chi connectivity index (χ1) is 11.3. The molecule has 0 saturated heterocycles. The Hall–Kier alpha value is -2.61. The van der Waals surface area contributed by atoms with Crippen LogP contribution in [0.5, 0.6) is 5.75 Å². The van der Waals surface area contributed by atoms with E-state index in [0.717, 1.165) is 16.1 Å². The lowest BCUT2D eigenvalue weighted by Gasteiger charge is -2.18. The summed E-state index contributed by atoms with van der Waals surface area (Å²) in [5.74, 6) is -0.578. The molecule has 2 aromatic rings. The van der Waals surface area contributed by atoms with Crippen LogP contribution < -0.4 is 15.8 Å². The standard InChI is InChI=1S/C16H16BrN3O4/c1-9(10-3-5-12(17)6-4-10)19-15-13(20(22)23)7-11(16(18)21)8-14(15)24-2/h3-9,19H,1-2H3,(H2,18,21). The monoisotopic (exact) mass is 393 g/mol. The van der Waals surface area contributed by atoms with Crippen molar-refractivity contribution in [3.05, 3.63) is 62.1 Å². The number of nitro benzene ring substituents is 1. The number of carbonyl (C=O) groups is 1. The number of nitrogens with one attached hydrogen (secondary N) is 1. The van der Waals surface area contributed by atoms with E-state index in [2.05, 4.69) is 21.2 Å². The zero-order valence-electron chi connectivity index (χ0n) is 13.1. The molecule has 0 aliphatic rings. The van der Waals surface area contributed by atoms with E-state index in [1.165, 1.54) is 13.2 Å². The largest absolute Gasteiger partial charge is 0.494 e. The van der Waals surface area contributed by atoms with E-state index in [1.54, 1.807) is 0 Å². The second-order valence-electron chi connectivity index (χ2n) is 5.11. The van der Waals surface area contributed by atoms with Crippen molar-refractivity contribution in [3.8, 4) is 5.75 Å². The number of ether oxygens (including phenoxy) is 1. The van der Waals surface area contributed by atoms with Gasteiger partial charge in [-0.3, -0.25) is 14.9 Å². The van der Waals surface area contributed by atoms with E-state index in [1.807, 2.05) is 31.2 Å². The van der Waals surface area contributed by atoms with Crippen LogP contribution in [-0.2, 0) is 0 Å². The number of nitro groups is 1. The van der Waals surface area contributed by atoms with Gasteiger partial charge in [0.2, 0.25) is 5.91 Å². The number of benzene rings is 2. The minimum absolute atomic E-state index is 0.0143. The molecule has 2 rings (SSSR count). The topological polar surface area (TPSA) is 107 Å². The van der Waals surface area contributed by atoms with E-state index in [0.29, 0.717) is 0 Å². The molecule has 0 aromatic heterocycles. The van der Waals surface area contributed by atoms with Gasteiger partial charge < -0.3 is 15.8 Å². The van der Waals surface area contributed by atoms with Crippen LogP contribution in [0, 0.1) is 10.1 Å². The first-order valence-corrected chi connectivity index (χ1v) is 7.81. The number of hydrogen-bond donors (Lipinski definition) is 2. The SMILES string of the molecule is COc1cc(C(N)=O)cc([N+](=O)[O-])c1NC(C)c1ccc(Br)cc1. The van der Waals surface area contributed by atoms with Gasteiger partial charge in [-0.1, -0.05) is 28.1 Å². The van der Waals surface area contributed by atoms with Crippen LogP contribution in [-0.4, -0.2) is 17.9 Å². The van der Waals surface area contributed by atoms with Crippen molar-refractivity contribution in [2.45, 2.75) is 13.0 Å². The van der Waals surface area contributed by atoms with E-state index in [-0.39, 0.29) is 28.7 Å². The Morgan fingerprint density at radius 1 is 1.33 bits per heavy atom. The zero-order valence-corrected chi connectivity index (χ0v) is 14.7. The molecule has 0 radical (unpaired) electrons. The zero-order chi connectivity index (χ0) is 17.9. The molecule has 0 spiro atoms. The highest BCUT2D eigenvalue weighted by Crippen LogP contribution is 2.38. The van der Waals surface area contributed by atoms with Crippen molar-refractivity contribution < 1.29 is 14.5 Å². The summed E-state index contributed by atoms with van der Waals surface area (Å²) in [7, 11) is 1.37. The summed E-state index contributed by atoms with van der Waals surface area (Å²) in [4.78, 5) is 22.2. The predicted molar refractivity (Wildman–Crippen MR) is 94.3 cm³/mol. The smallest absolute Gasteiger partial charge is 0.296 e. The Balaban J connectivity index is 2.46. The second kappa shape index (κ2) is 7.31. The Morgan fingerprint density at radius 2 is 1.96 bits per heavy atom. The fourth-order valence-electron chi connectivity index (χ4n) is 2.24. The fraction of sp³-hybridized carbons (Fsp3) is 0.188. The van der Waals surface area contributed by atoms with E-state index in [4.69, 9.17) is 10.5 Å². The minimum Gasteiger partial charge on any atom is -0.494 e. The van der Waals surface area contributed by atoms with E-state index >= 15 is 0 Å². The van der Waals surface area contributed by atoms with Gasteiger partial charge in [-0.05, 0) is 30.7 Å². The third kappa shape index (κ3) is 3.83. The van der Waals surface area contributed by atoms with E-state index < -0.39 is 10.8 Å². The number of rotatable bonds is 6. The highest BCUT2D eigenvalue weighted by Gasteiger charge is 2.23. The Bertz CT molecular complexity index is 778. The average Bonchev–Trinajstić information content (AvgIpc) is 2.54. The van der Waals surface area contributed by atoms with Gasteiger partial charge in [0.15, 0.2) is 5.69 Å². The first kappa shape index (κ1) is 17.7. The van der Waals surface area contributed by atoms with Gasteiger partial charge in [0.05, 0.1) is 12.0 Å². The lowest BCUT2D eigenvalue weighted by atomic mass is 10.1. The number of hydrogen-bond acceptors (Lipinski definition) is 5. The molecule has 1 atom stereocenters. The molecular weight excluding hydrogens is 378 g/mol. The highest BCUT2D eigenvalue weighted by atomic mass is 79.9. The van der Waals surface area contributed by atoms with Crippen LogP contribution in [0.3, 0.4) is 0 Å². The number of amides is 1. The maximum atomic E-state index is 11.4. The molecular formula is C16H16BrN3O4. The molecule has 0 aliphatic carbocycles. The van der Waals surface area contributed by atoms with Crippen molar-refractivity contribution in [1.29, 1.82) is 0 Å². The van der Waals surface area contributed by atoms with Crippen LogP contribution in [0.4, 0.5) is 11.4 Å². The van der Waals surface area contributed by atoms with Gasteiger partial charge in [0.25, 0.3) is 5.69 Å². The summed E-state index contributed by atoms with van der Waals surface area (Å²) < 4.78 is 6.14. The third-order valence-electron chi connectivity index (χ3n) is 3.51. The van der Waals surface area contributed by atoms with Crippen LogP contribution in [0.2, 0.25) is 0 Å². The number of nitrogens with two attached hydrogens (primary N) is 1. The summed E-state index contributed by atoms with van der Waals surface area (Å²) >= 11 is 3.36. The summed E-state index contributed by atoms with van der Waals surface area (Å²) in [6.45, 7) is 1.87. The molecule has 0 aliphatic heterocycles. The van der Waals surface area contributed by atoms with Crippen molar-refractivity contribution in [2.24, 2.45) is 5.73 Å². The Morgan fingerprint density at radius 3 is 2.46 bits per heavy atom. The molecule has 24 heavy (non-hydrogen) atoms. The number of methoxy groups -OCH3 is 1. The van der Waals surface area contributed by atoms with Gasteiger partial charge in [-0.2, -0.15) is 0 Å². The normalized spacial score (nSPS) is 11.6. The molecule has 8 heteroatoms. The van der Waals surface area contributed by atoms with Crippen LogP contribution in [0.25, 0.3) is 0 Å². The van der Waals surface area contributed by atoms with Gasteiger partial charge in [0, 0.05) is 22.1 Å². The molecule has 126 valence electrons. The Labute approximate surface area is 147 Å². The third-order valence-corrected chi connectivity index (χ3v) is 4.04. The van der Waals surface area contributed by atoms with Crippen molar-refractivity contribution in [2.75, 3.05) is 12.4 Å². The minimum atomic E-state index is -0.760. The first-order valence-electron chi connectivity index (χ1n) is 7.01. The average molecular weight is 394 g/mol. The van der Waals surface area contributed by atoms with Gasteiger partial charge in [-0.15, -0.1) is 0 Å². The van der Waals surface area contributed by atoms with Gasteiger partial charge in [-0.25, -0.2) is 0 Å². The summed E-state index contributed by atoms with van der Waals surface area (Å²) in [5.41, 5.74) is 6.10. The lowest BCUT2D eigenvalue weighted by molar-refractivity contribution is -0.384. The van der Waals surface area contributed by atoms with Crippen molar-refractivity contribution in [3.63, 3.8) is 0 Å². The molecule has 7 nitrogen and oxygen atoms in total. The molecule has 1 unspecified atom stereocenters. The molecule has 0 fully saturated rings. The summed E-state index contributed by atoms with van der Waals surface area (Å²) in [6.07, 6.45) is 0. The Kier molecular flexibility index (Phi) is 5.40. The number of primary amides is 1. The number of nitrogens with zero attached hydrogens (tertiary/aromatic N) is 1. The lowest BCUT2D eigenvalue weighted by Crippen LogP contribution is -2.14.